The zero-order valence-electron chi connectivity index (χ0n) is 6.89. The van der Waals surface area contributed by atoms with Crippen molar-refractivity contribution in [3.05, 3.63) is 29.6 Å². The van der Waals surface area contributed by atoms with Crippen LogP contribution < -0.4 is 4.57 Å². The Balaban J connectivity index is 3.35. The number of carbonyl (C=O) groups is 2. The van der Waals surface area contributed by atoms with Crippen molar-refractivity contribution in [1.82, 2.24) is 0 Å². The number of hydrogen-bond acceptors (Lipinski definition) is 2. The van der Waals surface area contributed by atoms with E-state index in [9.17, 15) is 9.59 Å². The zero-order chi connectivity index (χ0) is 10.0. The zero-order valence-corrected chi connectivity index (χ0v) is 6.89. The Morgan fingerprint density at radius 1 is 1.15 bits per heavy atom. The molecule has 0 aromatic carbocycles. The molecule has 0 aliphatic carbocycles. The van der Waals surface area contributed by atoms with Crippen molar-refractivity contribution >= 4 is 11.9 Å². The van der Waals surface area contributed by atoms with Gasteiger partial charge in [-0.25, -0.2) is 9.59 Å². The molecule has 0 aliphatic rings. The molecule has 0 saturated carbocycles. The highest BCUT2D eigenvalue weighted by atomic mass is 16.4. The number of carboxylic acid groups (broad SMARTS) is 2. The van der Waals surface area contributed by atoms with E-state index >= 15 is 0 Å². The minimum Gasteiger partial charge on any atom is -0.473 e. The first kappa shape index (κ1) is 9.18. The maximum atomic E-state index is 10.6. The summed E-state index contributed by atoms with van der Waals surface area (Å²) in [5.74, 6) is -2.30. The van der Waals surface area contributed by atoms with Crippen LogP contribution in [0, 0.1) is 0 Å². The lowest BCUT2D eigenvalue weighted by Crippen LogP contribution is -2.42. The number of hydrogen-bond donors (Lipinski definition) is 2. The molecular weight excluding hydrogens is 174 g/mol. The molecule has 1 aromatic rings. The van der Waals surface area contributed by atoms with Crippen LogP contribution in [-0.2, 0) is 7.05 Å². The van der Waals surface area contributed by atoms with Gasteiger partial charge < -0.3 is 10.2 Å². The Hall–Kier alpha value is -1.91. The monoisotopic (exact) mass is 182 g/mol. The molecule has 0 spiro atoms. The fraction of sp³-hybridized carbons (Fsp3) is 0.125. The maximum absolute atomic E-state index is 10.6. The molecule has 13 heavy (non-hydrogen) atoms. The largest absolute Gasteiger partial charge is 0.473 e. The highest BCUT2D eigenvalue weighted by molar-refractivity contribution is 5.86. The molecule has 0 aliphatic heterocycles. The van der Waals surface area contributed by atoms with Crippen LogP contribution in [0.5, 0.6) is 0 Å². The average molecular weight is 182 g/mol. The molecule has 0 bridgehead atoms. The highest BCUT2D eigenvalue weighted by Gasteiger charge is 2.22. The Kier molecular flexibility index (Phi) is 2.27. The molecule has 5 heteroatoms. The number of rotatable bonds is 2. The minimum atomic E-state index is -1.15. The summed E-state index contributed by atoms with van der Waals surface area (Å²) in [6, 6.07) is 4.08. The summed E-state index contributed by atoms with van der Waals surface area (Å²) in [5.41, 5.74) is -0.111. The van der Waals surface area contributed by atoms with Gasteiger partial charge in [0.2, 0.25) is 0 Å². The summed E-state index contributed by atoms with van der Waals surface area (Å²) in [4.78, 5) is 21.2. The third-order valence-electron chi connectivity index (χ3n) is 1.67. The molecule has 1 heterocycles. The second kappa shape index (κ2) is 3.22. The predicted molar refractivity (Wildman–Crippen MR) is 41.5 cm³/mol. The van der Waals surface area contributed by atoms with E-state index in [1.54, 1.807) is 0 Å². The smallest absolute Gasteiger partial charge is 0.401 e. The van der Waals surface area contributed by atoms with E-state index in [2.05, 4.69) is 0 Å². The fourth-order valence-corrected chi connectivity index (χ4v) is 1.01. The van der Waals surface area contributed by atoms with Crippen molar-refractivity contribution in [2.75, 3.05) is 0 Å². The molecule has 2 N–H and O–H groups in total. The van der Waals surface area contributed by atoms with Crippen LogP contribution in [0.25, 0.3) is 0 Å². The summed E-state index contributed by atoms with van der Waals surface area (Å²) in [6.45, 7) is 0. The standard InChI is InChI=1S/C8H7NO4/c1-9-5(7(10)11)3-2-4-6(9)8(12)13/h2-4H,1H3,(H-,10,11,12,13)/p+1. The lowest BCUT2D eigenvalue weighted by molar-refractivity contribution is -0.676. The van der Waals surface area contributed by atoms with Crippen molar-refractivity contribution in [1.29, 1.82) is 0 Å². The van der Waals surface area contributed by atoms with E-state index in [4.69, 9.17) is 10.2 Å². The molecule has 0 saturated heterocycles. The predicted octanol–water partition coefficient (Wildman–Crippen LogP) is -0.0925. The van der Waals surface area contributed by atoms with Gasteiger partial charge >= 0.3 is 11.9 Å². The first-order valence-electron chi connectivity index (χ1n) is 3.49. The van der Waals surface area contributed by atoms with Gasteiger partial charge in [-0.15, -0.1) is 0 Å². The molecule has 1 aromatic heterocycles. The van der Waals surface area contributed by atoms with E-state index in [1.807, 2.05) is 0 Å². The van der Waals surface area contributed by atoms with Crippen LogP contribution in [0.3, 0.4) is 0 Å². The summed E-state index contributed by atoms with van der Waals surface area (Å²) in [5, 5.41) is 17.3. The first-order chi connectivity index (χ1) is 6.04. The van der Waals surface area contributed by atoms with Crippen LogP contribution >= 0.6 is 0 Å². The van der Waals surface area contributed by atoms with E-state index in [0.717, 1.165) is 4.57 Å². The normalized spacial score (nSPS) is 9.62. The summed E-state index contributed by atoms with van der Waals surface area (Å²) < 4.78 is 1.12. The van der Waals surface area contributed by atoms with Gasteiger partial charge in [0.15, 0.2) is 0 Å². The van der Waals surface area contributed by atoms with Crippen LogP contribution in [0.2, 0.25) is 0 Å². The second-order valence-corrected chi connectivity index (χ2v) is 2.47. The van der Waals surface area contributed by atoms with Crippen LogP contribution in [0.1, 0.15) is 21.0 Å². The number of pyridine rings is 1. The molecule has 0 unspecified atom stereocenters. The summed E-state index contributed by atoms with van der Waals surface area (Å²) in [7, 11) is 1.40. The maximum Gasteiger partial charge on any atom is 0.401 e. The van der Waals surface area contributed by atoms with Gasteiger partial charge in [-0.1, -0.05) is 0 Å². The Morgan fingerprint density at radius 2 is 1.54 bits per heavy atom. The van der Waals surface area contributed by atoms with Gasteiger partial charge in [-0.2, -0.15) is 4.57 Å². The molecule has 0 fully saturated rings. The highest BCUT2D eigenvalue weighted by Crippen LogP contribution is 1.96. The number of carboxylic acids is 2. The van der Waals surface area contributed by atoms with Crippen molar-refractivity contribution in [2.24, 2.45) is 7.05 Å². The number of aromatic carboxylic acids is 2. The fourth-order valence-electron chi connectivity index (χ4n) is 1.01. The lowest BCUT2D eigenvalue weighted by Gasteiger charge is -1.96. The molecule has 0 atom stereocenters. The topological polar surface area (TPSA) is 78.5 Å². The van der Waals surface area contributed by atoms with Gasteiger partial charge in [0.05, 0.1) is 0 Å². The van der Waals surface area contributed by atoms with Crippen molar-refractivity contribution in [2.45, 2.75) is 0 Å². The van der Waals surface area contributed by atoms with Crippen molar-refractivity contribution in [3.8, 4) is 0 Å². The minimum absolute atomic E-state index is 0.0556. The van der Waals surface area contributed by atoms with Crippen molar-refractivity contribution in [3.63, 3.8) is 0 Å². The molecular formula is C8H8NO4+. The Bertz CT molecular complexity index is 340. The lowest BCUT2D eigenvalue weighted by atomic mass is 10.3. The molecule has 1 rings (SSSR count). The third-order valence-corrected chi connectivity index (χ3v) is 1.67. The summed E-state index contributed by atoms with van der Waals surface area (Å²) in [6.07, 6.45) is 0. The Morgan fingerprint density at radius 3 is 1.85 bits per heavy atom. The average Bonchev–Trinajstić information content (AvgIpc) is 2.03. The molecule has 0 radical (unpaired) electrons. The SMILES string of the molecule is C[n+]1c(C(=O)O)cccc1C(=O)O. The summed E-state index contributed by atoms with van der Waals surface area (Å²) >= 11 is 0. The third kappa shape index (κ3) is 1.64. The van der Waals surface area contributed by atoms with Crippen LogP contribution in [-0.4, -0.2) is 22.2 Å². The van der Waals surface area contributed by atoms with Gasteiger partial charge in [0.25, 0.3) is 11.4 Å². The van der Waals surface area contributed by atoms with E-state index in [-0.39, 0.29) is 11.4 Å². The first-order valence-corrected chi connectivity index (χ1v) is 3.49. The van der Waals surface area contributed by atoms with Gasteiger partial charge in [0.1, 0.15) is 7.05 Å². The van der Waals surface area contributed by atoms with E-state index in [0.29, 0.717) is 0 Å². The molecule has 0 amide bonds. The van der Waals surface area contributed by atoms with Crippen molar-refractivity contribution < 1.29 is 24.4 Å². The quantitative estimate of drug-likeness (QED) is 0.626. The van der Waals surface area contributed by atoms with Crippen LogP contribution in [0.15, 0.2) is 18.2 Å². The number of nitrogens with zero attached hydrogens (tertiary/aromatic N) is 1. The van der Waals surface area contributed by atoms with E-state index < -0.39 is 11.9 Å². The van der Waals surface area contributed by atoms with Gasteiger partial charge in [-0.3, -0.25) is 0 Å². The van der Waals surface area contributed by atoms with E-state index in [1.165, 1.54) is 25.2 Å². The van der Waals surface area contributed by atoms with Gasteiger partial charge in [0, 0.05) is 12.1 Å². The molecule has 5 nitrogen and oxygen atoms in total. The van der Waals surface area contributed by atoms with Crippen LogP contribution in [0.4, 0.5) is 0 Å². The van der Waals surface area contributed by atoms with Gasteiger partial charge in [-0.05, 0) is 6.07 Å². The Labute approximate surface area is 73.9 Å². The number of aromatic nitrogens is 1. The molecule has 68 valence electrons. The second-order valence-electron chi connectivity index (χ2n) is 2.47.